The van der Waals surface area contributed by atoms with Gasteiger partial charge in [0, 0.05) is 24.4 Å². The molecule has 7 nitrogen and oxygen atoms in total. The van der Waals surface area contributed by atoms with E-state index < -0.39 is 0 Å². The molecule has 4 rings (SSSR count). The molecule has 2 aromatic heterocycles. The van der Waals surface area contributed by atoms with Crippen molar-refractivity contribution in [1.29, 1.82) is 0 Å². The Kier molecular flexibility index (Phi) is 4.60. The molecular formula is C19H16ClN5O2. The van der Waals surface area contributed by atoms with Gasteiger partial charge in [0.1, 0.15) is 5.69 Å². The van der Waals surface area contributed by atoms with Crippen molar-refractivity contribution in [2.24, 2.45) is 7.05 Å². The fraction of sp³-hybridized carbons (Fsp3) is 0.158. The van der Waals surface area contributed by atoms with E-state index >= 15 is 0 Å². The molecule has 136 valence electrons. The van der Waals surface area contributed by atoms with Crippen molar-refractivity contribution in [3.63, 3.8) is 0 Å². The van der Waals surface area contributed by atoms with E-state index in [0.29, 0.717) is 22.1 Å². The summed E-state index contributed by atoms with van der Waals surface area (Å²) < 4.78 is 6.58. The van der Waals surface area contributed by atoms with Crippen LogP contribution in [-0.2, 0) is 7.05 Å². The summed E-state index contributed by atoms with van der Waals surface area (Å²) in [6, 6.07) is 8.91. The topological polar surface area (TPSA) is 85.8 Å². The van der Waals surface area contributed by atoms with Crippen LogP contribution in [0.5, 0.6) is 0 Å². The first-order chi connectivity index (χ1) is 13.1. The number of nitrogens with zero attached hydrogens (tertiary/aromatic N) is 4. The van der Waals surface area contributed by atoms with E-state index in [4.69, 9.17) is 16.1 Å². The number of nitrogens with one attached hydrogen (secondary N) is 1. The number of amides is 1. The molecule has 27 heavy (non-hydrogen) atoms. The first-order valence-electron chi connectivity index (χ1n) is 8.37. The molecule has 8 heteroatoms. The Morgan fingerprint density at radius 3 is 2.93 bits per heavy atom. The fourth-order valence-corrected chi connectivity index (χ4v) is 3.22. The molecule has 0 radical (unpaired) electrons. The third-order valence-corrected chi connectivity index (χ3v) is 4.69. The first-order valence-corrected chi connectivity index (χ1v) is 8.74. The Hall–Kier alpha value is -3.19. The third-order valence-electron chi connectivity index (χ3n) is 4.36. The summed E-state index contributed by atoms with van der Waals surface area (Å²) in [5, 5.41) is 11.6. The SMILES string of the molecule is Cn1nc(-c2ncon2)cc1C1C=CC(NC(=O)c2ccccc2Cl)=CC1. The van der Waals surface area contributed by atoms with E-state index in [1.165, 1.54) is 6.39 Å². The number of hydrogen-bond acceptors (Lipinski definition) is 5. The van der Waals surface area contributed by atoms with Crippen molar-refractivity contribution in [1.82, 2.24) is 25.2 Å². The number of halogens is 1. The van der Waals surface area contributed by atoms with Crippen LogP contribution in [0.1, 0.15) is 28.4 Å². The normalized spacial score (nSPS) is 16.2. The smallest absolute Gasteiger partial charge is 0.257 e. The van der Waals surface area contributed by atoms with Crippen molar-refractivity contribution < 1.29 is 9.32 Å². The van der Waals surface area contributed by atoms with Crippen LogP contribution in [0.25, 0.3) is 11.5 Å². The Morgan fingerprint density at radius 2 is 2.22 bits per heavy atom. The van der Waals surface area contributed by atoms with Gasteiger partial charge < -0.3 is 9.84 Å². The summed E-state index contributed by atoms with van der Waals surface area (Å²) in [5.74, 6) is 0.374. The largest absolute Gasteiger partial charge is 0.342 e. The van der Waals surface area contributed by atoms with Crippen LogP contribution in [-0.4, -0.2) is 25.8 Å². The zero-order valence-electron chi connectivity index (χ0n) is 14.5. The van der Waals surface area contributed by atoms with Crippen LogP contribution in [0.15, 0.2) is 65.2 Å². The summed E-state index contributed by atoms with van der Waals surface area (Å²) in [6.45, 7) is 0. The molecule has 0 fully saturated rings. The van der Waals surface area contributed by atoms with E-state index in [0.717, 1.165) is 17.8 Å². The van der Waals surface area contributed by atoms with E-state index in [2.05, 4.69) is 20.6 Å². The van der Waals surface area contributed by atoms with Gasteiger partial charge in [0.25, 0.3) is 5.91 Å². The minimum atomic E-state index is -0.227. The maximum Gasteiger partial charge on any atom is 0.257 e. The van der Waals surface area contributed by atoms with Crippen LogP contribution in [0.3, 0.4) is 0 Å². The summed E-state index contributed by atoms with van der Waals surface area (Å²) in [7, 11) is 1.88. The molecule has 1 atom stereocenters. The maximum atomic E-state index is 12.4. The Bertz CT molecular complexity index is 1040. The molecular weight excluding hydrogens is 366 g/mol. The highest BCUT2D eigenvalue weighted by Gasteiger charge is 2.19. The van der Waals surface area contributed by atoms with Crippen LogP contribution in [0, 0.1) is 0 Å². The van der Waals surface area contributed by atoms with Gasteiger partial charge in [0.05, 0.1) is 10.6 Å². The molecule has 0 spiro atoms. The number of carbonyl (C=O) groups is 1. The molecule has 1 N–H and O–H groups in total. The highest BCUT2D eigenvalue weighted by molar-refractivity contribution is 6.33. The molecule has 3 aromatic rings. The summed E-state index contributed by atoms with van der Waals surface area (Å²) in [6.07, 6.45) is 7.93. The predicted octanol–water partition coefficient (Wildman–Crippen LogP) is 3.48. The van der Waals surface area contributed by atoms with Crippen LogP contribution in [0.4, 0.5) is 0 Å². The lowest BCUT2D eigenvalue weighted by Crippen LogP contribution is -2.23. The molecule has 1 unspecified atom stereocenters. The molecule has 0 saturated heterocycles. The second-order valence-corrected chi connectivity index (χ2v) is 6.53. The van der Waals surface area contributed by atoms with E-state index in [1.807, 2.05) is 36.0 Å². The third kappa shape index (κ3) is 3.54. The average molecular weight is 382 g/mol. The van der Waals surface area contributed by atoms with Gasteiger partial charge in [-0.05, 0) is 30.7 Å². The second-order valence-electron chi connectivity index (χ2n) is 6.13. The molecule has 1 aliphatic carbocycles. The van der Waals surface area contributed by atoms with Crippen molar-refractivity contribution in [2.75, 3.05) is 0 Å². The highest BCUT2D eigenvalue weighted by atomic mass is 35.5. The zero-order chi connectivity index (χ0) is 18.8. The van der Waals surface area contributed by atoms with Gasteiger partial charge in [-0.3, -0.25) is 9.48 Å². The zero-order valence-corrected chi connectivity index (χ0v) is 15.2. The quantitative estimate of drug-likeness (QED) is 0.747. The average Bonchev–Trinajstić information content (AvgIpc) is 3.32. The predicted molar refractivity (Wildman–Crippen MR) is 100.0 cm³/mol. The number of carbonyl (C=O) groups excluding carboxylic acids is 1. The van der Waals surface area contributed by atoms with Crippen LogP contribution < -0.4 is 5.32 Å². The van der Waals surface area contributed by atoms with Gasteiger partial charge in [0.15, 0.2) is 0 Å². The van der Waals surface area contributed by atoms with Gasteiger partial charge in [0.2, 0.25) is 12.2 Å². The number of aromatic nitrogens is 4. The van der Waals surface area contributed by atoms with Gasteiger partial charge in [-0.1, -0.05) is 41.0 Å². The lowest BCUT2D eigenvalue weighted by molar-refractivity contribution is 0.0967. The Labute approximate surface area is 160 Å². The number of benzene rings is 1. The number of rotatable bonds is 4. The van der Waals surface area contributed by atoms with E-state index in [1.54, 1.807) is 24.3 Å². The molecule has 2 heterocycles. The first kappa shape index (κ1) is 17.2. The number of allylic oxidation sites excluding steroid dienone is 3. The minimum Gasteiger partial charge on any atom is -0.342 e. The Balaban J connectivity index is 1.46. The lowest BCUT2D eigenvalue weighted by atomic mass is 9.95. The fourth-order valence-electron chi connectivity index (χ4n) is 3.00. The molecule has 1 amide bonds. The highest BCUT2D eigenvalue weighted by Crippen LogP contribution is 2.28. The van der Waals surface area contributed by atoms with Crippen LogP contribution >= 0.6 is 11.6 Å². The van der Waals surface area contributed by atoms with Gasteiger partial charge in [-0.25, -0.2) is 0 Å². The number of hydrogen-bond donors (Lipinski definition) is 1. The van der Waals surface area contributed by atoms with Crippen molar-refractivity contribution in [3.8, 4) is 11.5 Å². The maximum absolute atomic E-state index is 12.4. The summed E-state index contributed by atoms with van der Waals surface area (Å²) >= 11 is 6.08. The molecule has 1 aliphatic rings. The van der Waals surface area contributed by atoms with Gasteiger partial charge >= 0.3 is 0 Å². The van der Waals surface area contributed by atoms with E-state index in [-0.39, 0.29) is 11.8 Å². The molecule has 0 saturated carbocycles. The second kappa shape index (κ2) is 7.20. The van der Waals surface area contributed by atoms with Crippen molar-refractivity contribution >= 4 is 17.5 Å². The molecule has 1 aromatic carbocycles. The molecule has 0 aliphatic heterocycles. The lowest BCUT2D eigenvalue weighted by Gasteiger charge is -2.17. The standard InChI is InChI=1S/C19H16ClN5O2/c1-25-17(10-16(23-25)18-21-11-27-24-18)12-6-8-13(9-7-12)22-19(26)14-4-2-3-5-15(14)20/h2-6,8-12H,7H2,1H3,(H,22,26). The molecule has 0 bridgehead atoms. The minimum absolute atomic E-state index is 0.143. The van der Waals surface area contributed by atoms with Gasteiger partial charge in [-0.15, -0.1) is 0 Å². The summed E-state index contributed by atoms with van der Waals surface area (Å²) in [4.78, 5) is 16.4. The Morgan fingerprint density at radius 1 is 1.37 bits per heavy atom. The van der Waals surface area contributed by atoms with Gasteiger partial charge in [-0.2, -0.15) is 10.1 Å². The van der Waals surface area contributed by atoms with Crippen molar-refractivity contribution in [3.05, 3.63) is 76.9 Å². The number of aryl methyl sites for hydroxylation is 1. The monoisotopic (exact) mass is 381 g/mol. The van der Waals surface area contributed by atoms with Crippen LogP contribution in [0.2, 0.25) is 5.02 Å². The van der Waals surface area contributed by atoms with Crippen molar-refractivity contribution in [2.45, 2.75) is 12.3 Å². The summed E-state index contributed by atoms with van der Waals surface area (Å²) in [5.41, 5.74) is 2.89. The van der Waals surface area contributed by atoms with E-state index in [9.17, 15) is 4.79 Å².